The Kier molecular flexibility index (Phi) is 5.67. The predicted octanol–water partition coefficient (Wildman–Crippen LogP) is 5.10. The fourth-order valence-electron chi connectivity index (χ4n) is 3.57. The number of nitrogens with zero attached hydrogens (tertiary/aromatic N) is 2. The molecule has 8 nitrogen and oxygen atoms in total. The number of aromatic nitrogens is 2. The molecule has 0 atom stereocenters. The first-order valence-corrected chi connectivity index (χ1v) is 10.7. The molecular formula is C23H22N4O4S. The third kappa shape index (κ3) is 4.06. The van der Waals surface area contributed by atoms with Crippen molar-refractivity contribution in [2.75, 3.05) is 17.7 Å². The standard InChI is InChI=1S/C23H22N4O4S/c1-11-8-16(13(3)32-11)18-10-17(21-12(2)27-31-23(21)26-18)22(29)25-19-9-15(24-14(4)28)6-7-20(19)30-5/h6-10H,1-5H3,(H,24,28)(H,25,29). The van der Waals surface area contributed by atoms with Crippen molar-refractivity contribution < 1.29 is 18.8 Å². The van der Waals surface area contributed by atoms with Gasteiger partial charge in [0.1, 0.15) is 5.75 Å². The molecule has 0 aliphatic carbocycles. The summed E-state index contributed by atoms with van der Waals surface area (Å²) in [4.78, 5) is 31.7. The van der Waals surface area contributed by atoms with Gasteiger partial charge in [0.05, 0.1) is 35.1 Å². The minimum atomic E-state index is -0.368. The normalized spacial score (nSPS) is 10.9. The maximum atomic E-state index is 13.4. The number of hydrogen-bond acceptors (Lipinski definition) is 7. The maximum Gasteiger partial charge on any atom is 0.259 e. The number of aryl methyl sites for hydroxylation is 3. The van der Waals surface area contributed by atoms with Crippen molar-refractivity contribution in [1.82, 2.24) is 10.1 Å². The van der Waals surface area contributed by atoms with E-state index in [1.54, 1.807) is 42.5 Å². The molecule has 164 valence electrons. The number of amides is 2. The number of nitrogens with one attached hydrogen (secondary N) is 2. The lowest BCUT2D eigenvalue weighted by atomic mass is 10.1. The van der Waals surface area contributed by atoms with Crippen LogP contribution in [0.3, 0.4) is 0 Å². The molecular weight excluding hydrogens is 428 g/mol. The van der Waals surface area contributed by atoms with Crippen LogP contribution in [0.15, 0.2) is 34.9 Å². The molecule has 0 spiro atoms. The van der Waals surface area contributed by atoms with Crippen molar-refractivity contribution in [2.24, 2.45) is 0 Å². The number of anilines is 2. The van der Waals surface area contributed by atoms with Gasteiger partial charge in [0.15, 0.2) is 0 Å². The number of carbonyl (C=O) groups is 2. The molecule has 4 rings (SSSR count). The summed E-state index contributed by atoms with van der Waals surface area (Å²) in [7, 11) is 1.51. The number of rotatable bonds is 5. The van der Waals surface area contributed by atoms with E-state index in [0.717, 1.165) is 15.3 Å². The van der Waals surface area contributed by atoms with Crippen molar-refractivity contribution in [2.45, 2.75) is 27.7 Å². The van der Waals surface area contributed by atoms with Crippen molar-refractivity contribution >= 4 is 45.6 Å². The summed E-state index contributed by atoms with van der Waals surface area (Å²) in [6.07, 6.45) is 0. The van der Waals surface area contributed by atoms with E-state index in [1.807, 2.05) is 19.9 Å². The third-order valence-corrected chi connectivity index (χ3v) is 5.91. The lowest BCUT2D eigenvalue weighted by Crippen LogP contribution is -2.14. The highest BCUT2D eigenvalue weighted by Crippen LogP contribution is 2.34. The lowest BCUT2D eigenvalue weighted by Gasteiger charge is -2.13. The van der Waals surface area contributed by atoms with Gasteiger partial charge in [-0.3, -0.25) is 9.59 Å². The SMILES string of the molecule is COc1ccc(NC(C)=O)cc1NC(=O)c1cc(-c2cc(C)sc2C)nc2onc(C)c12. The Morgan fingerprint density at radius 1 is 1.09 bits per heavy atom. The van der Waals surface area contributed by atoms with E-state index < -0.39 is 0 Å². The number of thiophene rings is 1. The molecule has 32 heavy (non-hydrogen) atoms. The van der Waals surface area contributed by atoms with E-state index in [0.29, 0.717) is 45.2 Å². The van der Waals surface area contributed by atoms with E-state index in [9.17, 15) is 9.59 Å². The summed E-state index contributed by atoms with van der Waals surface area (Å²) >= 11 is 1.67. The third-order valence-electron chi connectivity index (χ3n) is 4.95. The minimum absolute atomic E-state index is 0.213. The van der Waals surface area contributed by atoms with E-state index in [-0.39, 0.29) is 11.8 Å². The summed E-state index contributed by atoms with van der Waals surface area (Å²) < 4.78 is 10.8. The van der Waals surface area contributed by atoms with Crippen LogP contribution < -0.4 is 15.4 Å². The quantitative estimate of drug-likeness (QED) is 0.438. The smallest absolute Gasteiger partial charge is 0.259 e. The van der Waals surface area contributed by atoms with Gasteiger partial charge in [-0.05, 0) is 51.1 Å². The number of methoxy groups -OCH3 is 1. The maximum absolute atomic E-state index is 13.4. The largest absolute Gasteiger partial charge is 0.495 e. The van der Waals surface area contributed by atoms with E-state index in [2.05, 4.69) is 20.8 Å². The first-order valence-electron chi connectivity index (χ1n) is 9.88. The van der Waals surface area contributed by atoms with Crippen molar-refractivity contribution in [3.63, 3.8) is 0 Å². The fourth-order valence-corrected chi connectivity index (χ4v) is 4.51. The topological polar surface area (TPSA) is 106 Å². The highest BCUT2D eigenvalue weighted by molar-refractivity contribution is 7.12. The summed E-state index contributed by atoms with van der Waals surface area (Å²) in [5, 5.41) is 10.1. The molecule has 0 fully saturated rings. The van der Waals surface area contributed by atoms with Crippen LogP contribution in [0.2, 0.25) is 0 Å². The lowest BCUT2D eigenvalue weighted by molar-refractivity contribution is -0.114. The highest BCUT2D eigenvalue weighted by Gasteiger charge is 2.21. The number of carbonyl (C=O) groups excluding carboxylic acids is 2. The molecule has 0 aliphatic rings. The zero-order valence-electron chi connectivity index (χ0n) is 18.3. The Morgan fingerprint density at radius 3 is 2.53 bits per heavy atom. The van der Waals surface area contributed by atoms with Gasteiger partial charge in [-0.25, -0.2) is 4.98 Å². The predicted molar refractivity (Wildman–Crippen MR) is 125 cm³/mol. The Bertz CT molecular complexity index is 1360. The Balaban J connectivity index is 1.79. The average Bonchev–Trinajstić information content (AvgIpc) is 3.28. The molecule has 0 saturated heterocycles. The molecule has 0 radical (unpaired) electrons. The zero-order chi connectivity index (χ0) is 23.0. The molecule has 0 aliphatic heterocycles. The second-order valence-corrected chi connectivity index (χ2v) is 8.84. The summed E-state index contributed by atoms with van der Waals surface area (Å²) in [6.45, 7) is 7.23. The van der Waals surface area contributed by atoms with Gasteiger partial charge in [0, 0.05) is 27.9 Å². The number of hydrogen-bond donors (Lipinski definition) is 2. The highest BCUT2D eigenvalue weighted by atomic mass is 32.1. The first kappa shape index (κ1) is 21.5. The van der Waals surface area contributed by atoms with Crippen LogP contribution in [-0.2, 0) is 4.79 Å². The average molecular weight is 451 g/mol. The second kappa shape index (κ2) is 8.43. The van der Waals surface area contributed by atoms with Crippen molar-refractivity contribution in [3.8, 4) is 17.0 Å². The van der Waals surface area contributed by atoms with Crippen LogP contribution in [0.1, 0.15) is 32.7 Å². The zero-order valence-corrected chi connectivity index (χ0v) is 19.1. The molecule has 9 heteroatoms. The molecule has 0 bridgehead atoms. The van der Waals surface area contributed by atoms with Gasteiger partial charge in [-0.15, -0.1) is 11.3 Å². The summed E-state index contributed by atoms with van der Waals surface area (Å²) in [5.74, 6) is -0.119. The monoisotopic (exact) mass is 450 g/mol. The molecule has 1 aromatic carbocycles. The van der Waals surface area contributed by atoms with E-state index >= 15 is 0 Å². The summed E-state index contributed by atoms with van der Waals surface area (Å²) in [6, 6.07) is 8.81. The number of pyridine rings is 1. The fraction of sp³-hybridized carbons (Fsp3) is 0.217. The molecule has 2 N–H and O–H groups in total. The summed E-state index contributed by atoms with van der Waals surface area (Å²) in [5.41, 5.74) is 3.81. The molecule has 2 amide bonds. The molecule has 3 heterocycles. The van der Waals surface area contributed by atoms with Crippen molar-refractivity contribution in [1.29, 1.82) is 0 Å². The Labute approximate surface area is 188 Å². The van der Waals surface area contributed by atoms with Gasteiger partial charge in [-0.1, -0.05) is 5.16 Å². The van der Waals surface area contributed by atoms with Gasteiger partial charge < -0.3 is 19.9 Å². The Morgan fingerprint density at radius 2 is 1.88 bits per heavy atom. The van der Waals surface area contributed by atoms with Gasteiger partial charge in [0.25, 0.3) is 11.6 Å². The second-order valence-electron chi connectivity index (χ2n) is 7.38. The van der Waals surface area contributed by atoms with Crippen molar-refractivity contribution in [3.05, 3.63) is 51.3 Å². The van der Waals surface area contributed by atoms with Crippen LogP contribution >= 0.6 is 11.3 Å². The number of ether oxygens (including phenoxy) is 1. The van der Waals surface area contributed by atoms with E-state index in [1.165, 1.54) is 14.0 Å². The molecule has 3 aromatic heterocycles. The molecule has 0 unspecified atom stereocenters. The van der Waals surface area contributed by atoms with Gasteiger partial charge in [-0.2, -0.15) is 0 Å². The van der Waals surface area contributed by atoms with Crippen LogP contribution in [-0.4, -0.2) is 29.1 Å². The van der Waals surface area contributed by atoms with Crippen LogP contribution in [0, 0.1) is 20.8 Å². The van der Waals surface area contributed by atoms with Crippen LogP contribution in [0.4, 0.5) is 11.4 Å². The molecule has 0 saturated carbocycles. The number of benzene rings is 1. The minimum Gasteiger partial charge on any atom is -0.495 e. The first-order chi connectivity index (χ1) is 15.3. The van der Waals surface area contributed by atoms with Gasteiger partial charge >= 0.3 is 0 Å². The van der Waals surface area contributed by atoms with Crippen LogP contribution in [0.25, 0.3) is 22.4 Å². The van der Waals surface area contributed by atoms with Gasteiger partial charge in [0.2, 0.25) is 5.91 Å². The van der Waals surface area contributed by atoms with Crippen LogP contribution in [0.5, 0.6) is 5.75 Å². The Hall–Kier alpha value is -3.72. The van der Waals surface area contributed by atoms with E-state index in [4.69, 9.17) is 9.26 Å². The number of fused-ring (bicyclic) bond motifs is 1. The molecule has 4 aromatic rings.